The normalized spacial score (nSPS) is 16.8. The number of aryl methyl sites for hydroxylation is 1. The number of carboxylic acid groups (broad SMARTS) is 1. The van der Waals surface area contributed by atoms with E-state index >= 15 is 0 Å². The van der Waals surface area contributed by atoms with E-state index in [1.54, 1.807) is 36.4 Å². The van der Waals surface area contributed by atoms with Crippen LogP contribution in [0.25, 0.3) is 0 Å². The molecule has 2 aromatic carbocycles. The van der Waals surface area contributed by atoms with E-state index in [0.717, 1.165) is 9.87 Å². The number of sulfonamides is 1. The lowest BCUT2D eigenvalue weighted by atomic mass is 10.1. The van der Waals surface area contributed by atoms with E-state index in [1.165, 1.54) is 24.1 Å². The SMILES string of the molecule is Cc1ccc(S(=O)(=O)N(C)c2ccc(C(=O)N3CCC[C@@H]3C(=O)O)cc2)cc1. The Labute approximate surface area is 164 Å². The summed E-state index contributed by atoms with van der Waals surface area (Å²) in [5, 5.41) is 9.24. The third-order valence-electron chi connectivity index (χ3n) is 4.96. The lowest BCUT2D eigenvalue weighted by Gasteiger charge is -2.22. The summed E-state index contributed by atoms with van der Waals surface area (Å²) in [7, 11) is -2.27. The second-order valence-corrected chi connectivity index (χ2v) is 8.80. The van der Waals surface area contributed by atoms with Gasteiger partial charge in [0.1, 0.15) is 6.04 Å². The number of hydrogen-bond acceptors (Lipinski definition) is 4. The number of benzene rings is 2. The van der Waals surface area contributed by atoms with Crippen LogP contribution >= 0.6 is 0 Å². The minimum absolute atomic E-state index is 0.183. The molecule has 0 aromatic heterocycles. The monoisotopic (exact) mass is 402 g/mol. The molecule has 3 rings (SSSR count). The molecule has 1 aliphatic heterocycles. The number of amides is 1. The van der Waals surface area contributed by atoms with Gasteiger partial charge in [0.05, 0.1) is 10.6 Å². The van der Waals surface area contributed by atoms with E-state index in [0.29, 0.717) is 30.6 Å². The van der Waals surface area contributed by atoms with Crippen LogP contribution in [-0.2, 0) is 14.8 Å². The molecule has 1 amide bonds. The molecular formula is C20H22N2O5S. The quantitative estimate of drug-likeness (QED) is 0.829. The van der Waals surface area contributed by atoms with Crippen LogP contribution in [0.3, 0.4) is 0 Å². The summed E-state index contributed by atoms with van der Waals surface area (Å²) in [6, 6.07) is 11.9. The molecule has 0 saturated carbocycles. The molecule has 8 heteroatoms. The highest BCUT2D eigenvalue weighted by atomic mass is 32.2. The van der Waals surface area contributed by atoms with Crippen molar-refractivity contribution in [3.8, 4) is 0 Å². The van der Waals surface area contributed by atoms with Crippen LogP contribution < -0.4 is 4.31 Å². The maximum Gasteiger partial charge on any atom is 0.326 e. The van der Waals surface area contributed by atoms with Crippen LogP contribution in [0.15, 0.2) is 53.4 Å². The Morgan fingerprint density at radius 2 is 1.68 bits per heavy atom. The van der Waals surface area contributed by atoms with Gasteiger partial charge in [-0.15, -0.1) is 0 Å². The molecule has 7 nitrogen and oxygen atoms in total. The molecule has 0 radical (unpaired) electrons. The maximum atomic E-state index is 12.8. The van der Waals surface area contributed by atoms with Crippen LogP contribution in [0, 0.1) is 6.92 Å². The van der Waals surface area contributed by atoms with Crippen molar-refractivity contribution in [2.24, 2.45) is 0 Å². The zero-order valence-corrected chi connectivity index (χ0v) is 16.5. The highest BCUT2D eigenvalue weighted by Crippen LogP contribution is 2.25. The van der Waals surface area contributed by atoms with Crippen molar-refractivity contribution < 1.29 is 23.1 Å². The van der Waals surface area contributed by atoms with Crippen molar-refractivity contribution in [3.05, 3.63) is 59.7 Å². The largest absolute Gasteiger partial charge is 0.480 e. The van der Waals surface area contributed by atoms with Crippen LogP contribution in [0.2, 0.25) is 0 Å². The van der Waals surface area contributed by atoms with Gasteiger partial charge in [-0.2, -0.15) is 0 Å². The summed E-state index contributed by atoms with van der Waals surface area (Å²) >= 11 is 0. The Balaban J connectivity index is 1.81. The second kappa shape index (κ2) is 7.63. The zero-order valence-electron chi connectivity index (χ0n) is 15.7. The average molecular weight is 402 g/mol. The molecular weight excluding hydrogens is 380 g/mol. The minimum Gasteiger partial charge on any atom is -0.480 e. The van der Waals surface area contributed by atoms with Crippen LogP contribution in [0.5, 0.6) is 0 Å². The Morgan fingerprint density at radius 1 is 1.07 bits per heavy atom. The number of carboxylic acids is 1. The first-order chi connectivity index (χ1) is 13.2. The molecule has 0 unspecified atom stereocenters. The average Bonchev–Trinajstić information content (AvgIpc) is 3.17. The summed E-state index contributed by atoms with van der Waals surface area (Å²) in [4.78, 5) is 25.4. The van der Waals surface area contributed by atoms with Crippen molar-refractivity contribution in [3.63, 3.8) is 0 Å². The first-order valence-corrected chi connectivity index (χ1v) is 10.4. The maximum absolute atomic E-state index is 12.8. The van der Waals surface area contributed by atoms with Gasteiger partial charge in [0.25, 0.3) is 15.9 Å². The van der Waals surface area contributed by atoms with Gasteiger partial charge in [-0.05, 0) is 56.2 Å². The minimum atomic E-state index is -3.72. The van der Waals surface area contributed by atoms with Gasteiger partial charge < -0.3 is 10.0 Å². The summed E-state index contributed by atoms with van der Waals surface area (Å²) in [5.74, 6) is -1.37. The fourth-order valence-corrected chi connectivity index (χ4v) is 4.45. The van der Waals surface area contributed by atoms with Crippen molar-refractivity contribution in [1.29, 1.82) is 0 Å². The first kappa shape index (κ1) is 19.9. The number of carbonyl (C=O) groups is 2. The van der Waals surface area contributed by atoms with Crippen LogP contribution in [0.4, 0.5) is 5.69 Å². The van der Waals surface area contributed by atoms with Gasteiger partial charge in [-0.25, -0.2) is 13.2 Å². The van der Waals surface area contributed by atoms with Gasteiger partial charge in [0, 0.05) is 19.2 Å². The molecule has 1 saturated heterocycles. The summed E-state index contributed by atoms with van der Waals surface area (Å²) < 4.78 is 26.7. The topological polar surface area (TPSA) is 95.0 Å². The standard InChI is InChI=1S/C20H22N2O5S/c1-14-5-11-17(12-6-14)28(26,27)21(2)16-9-7-15(8-10-16)19(23)22-13-3-4-18(22)20(24)25/h5-12,18H,3-4,13H2,1-2H3,(H,24,25)/t18-/m1/s1. The Hall–Kier alpha value is -2.87. The third-order valence-corrected chi connectivity index (χ3v) is 6.76. The molecule has 1 fully saturated rings. The molecule has 0 aliphatic carbocycles. The number of nitrogens with zero attached hydrogens (tertiary/aromatic N) is 2. The fraction of sp³-hybridized carbons (Fsp3) is 0.300. The van der Waals surface area contributed by atoms with Crippen LogP contribution in [-0.4, -0.2) is 49.9 Å². The number of hydrogen-bond donors (Lipinski definition) is 1. The van der Waals surface area contributed by atoms with Crippen LogP contribution in [0.1, 0.15) is 28.8 Å². The highest BCUT2D eigenvalue weighted by Gasteiger charge is 2.34. The lowest BCUT2D eigenvalue weighted by molar-refractivity contribution is -0.141. The third kappa shape index (κ3) is 3.73. The Bertz CT molecular complexity index is 984. The molecule has 1 N–H and O–H groups in total. The van der Waals surface area contributed by atoms with E-state index in [9.17, 15) is 23.1 Å². The fourth-order valence-electron chi connectivity index (χ4n) is 3.25. The van der Waals surface area contributed by atoms with Gasteiger partial charge in [0.15, 0.2) is 0 Å². The predicted octanol–water partition coefficient (Wildman–Crippen LogP) is 2.51. The number of anilines is 1. The van der Waals surface area contributed by atoms with E-state index in [1.807, 2.05) is 6.92 Å². The Morgan fingerprint density at radius 3 is 2.25 bits per heavy atom. The smallest absolute Gasteiger partial charge is 0.326 e. The molecule has 1 aliphatic rings. The lowest BCUT2D eigenvalue weighted by Crippen LogP contribution is -2.40. The number of carbonyl (C=O) groups excluding carboxylic acids is 1. The zero-order chi connectivity index (χ0) is 20.5. The predicted molar refractivity (Wildman–Crippen MR) is 105 cm³/mol. The van der Waals surface area contributed by atoms with E-state index in [2.05, 4.69) is 0 Å². The molecule has 1 atom stereocenters. The van der Waals surface area contributed by atoms with Crippen molar-refractivity contribution >= 4 is 27.6 Å². The summed E-state index contributed by atoms with van der Waals surface area (Å²) in [5.41, 5.74) is 1.71. The summed E-state index contributed by atoms with van der Waals surface area (Å²) in [6.07, 6.45) is 1.09. The van der Waals surface area contributed by atoms with Crippen molar-refractivity contribution in [2.45, 2.75) is 30.7 Å². The van der Waals surface area contributed by atoms with Gasteiger partial charge in [-0.3, -0.25) is 9.10 Å². The molecule has 2 aromatic rings. The number of likely N-dealkylation sites (tertiary alicyclic amines) is 1. The van der Waals surface area contributed by atoms with Gasteiger partial charge in [0.2, 0.25) is 0 Å². The first-order valence-electron chi connectivity index (χ1n) is 8.91. The van der Waals surface area contributed by atoms with Crippen molar-refractivity contribution in [2.75, 3.05) is 17.9 Å². The van der Waals surface area contributed by atoms with Gasteiger partial charge in [-0.1, -0.05) is 17.7 Å². The highest BCUT2D eigenvalue weighted by molar-refractivity contribution is 7.92. The molecule has 28 heavy (non-hydrogen) atoms. The van der Waals surface area contributed by atoms with E-state index < -0.39 is 22.0 Å². The molecule has 1 heterocycles. The summed E-state index contributed by atoms with van der Waals surface area (Å²) in [6.45, 7) is 2.28. The van der Waals surface area contributed by atoms with Gasteiger partial charge >= 0.3 is 5.97 Å². The number of rotatable bonds is 5. The molecule has 0 bridgehead atoms. The van der Waals surface area contributed by atoms with Crippen molar-refractivity contribution in [1.82, 2.24) is 4.90 Å². The second-order valence-electron chi connectivity index (χ2n) is 6.83. The van der Waals surface area contributed by atoms with E-state index in [-0.39, 0.29) is 10.8 Å². The molecule has 0 spiro atoms. The Kier molecular flexibility index (Phi) is 5.42. The van der Waals surface area contributed by atoms with E-state index in [4.69, 9.17) is 0 Å². The molecule has 148 valence electrons. The number of aliphatic carboxylic acids is 1.